The summed E-state index contributed by atoms with van der Waals surface area (Å²) in [7, 11) is 0. The van der Waals surface area contributed by atoms with Crippen LogP contribution >= 0.6 is 0 Å². The van der Waals surface area contributed by atoms with E-state index < -0.39 is 0 Å². The molecule has 92 valence electrons. The fourth-order valence-corrected chi connectivity index (χ4v) is 1.95. The SMILES string of the molecule is CC(C)C(CO)NC(=O)CC1=CCCCC1. The van der Waals surface area contributed by atoms with Crippen LogP contribution in [0.5, 0.6) is 0 Å². The van der Waals surface area contributed by atoms with Crippen molar-refractivity contribution in [3.05, 3.63) is 11.6 Å². The van der Waals surface area contributed by atoms with Crippen molar-refractivity contribution >= 4 is 5.91 Å². The number of aliphatic hydroxyl groups is 1. The van der Waals surface area contributed by atoms with Gasteiger partial charge in [-0.2, -0.15) is 0 Å². The Balaban J connectivity index is 2.37. The molecule has 0 spiro atoms. The third kappa shape index (κ3) is 4.35. The lowest BCUT2D eigenvalue weighted by Gasteiger charge is -2.21. The van der Waals surface area contributed by atoms with E-state index in [2.05, 4.69) is 11.4 Å². The highest BCUT2D eigenvalue weighted by atomic mass is 16.3. The molecule has 0 saturated carbocycles. The highest BCUT2D eigenvalue weighted by Gasteiger charge is 2.16. The highest BCUT2D eigenvalue weighted by molar-refractivity contribution is 5.78. The molecule has 0 radical (unpaired) electrons. The zero-order valence-electron chi connectivity index (χ0n) is 10.3. The molecule has 1 rings (SSSR count). The van der Waals surface area contributed by atoms with E-state index in [1.54, 1.807) is 0 Å². The Morgan fingerprint density at radius 3 is 2.75 bits per heavy atom. The minimum Gasteiger partial charge on any atom is -0.394 e. The molecule has 0 heterocycles. The van der Waals surface area contributed by atoms with Crippen LogP contribution < -0.4 is 5.32 Å². The van der Waals surface area contributed by atoms with Gasteiger partial charge in [-0.25, -0.2) is 0 Å². The van der Waals surface area contributed by atoms with Crippen molar-refractivity contribution in [3.63, 3.8) is 0 Å². The summed E-state index contributed by atoms with van der Waals surface area (Å²) in [5.41, 5.74) is 1.25. The summed E-state index contributed by atoms with van der Waals surface area (Å²) in [6, 6.07) is -0.114. The van der Waals surface area contributed by atoms with E-state index in [9.17, 15) is 4.79 Å². The second-order valence-corrected chi connectivity index (χ2v) is 4.89. The van der Waals surface area contributed by atoms with Gasteiger partial charge in [0.15, 0.2) is 0 Å². The van der Waals surface area contributed by atoms with Gasteiger partial charge < -0.3 is 10.4 Å². The monoisotopic (exact) mass is 225 g/mol. The quantitative estimate of drug-likeness (QED) is 0.703. The van der Waals surface area contributed by atoms with Gasteiger partial charge in [0, 0.05) is 6.42 Å². The van der Waals surface area contributed by atoms with E-state index in [1.807, 2.05) is 13.8 Å². The second kappa shape index (κ2) is 6.69. The first kappa shape index (κ1) is 13.2. The number of carbonyl (C=O) groups excluding carboxylic acids is 1. The summed E-state index contributed by atoms with van der Waals surface area (Å²) < 4.78 is 0. The lowest BCUT2D eigenvalue weighted by atomic mass is 9.96. The van der Waals surface area contributed by atoms with E-state index in [1.165, 1.54) is 18.4 Å². The van der Waals surface area contributed by atoms with Gasteiger partial charge in [0.2, 0.25) is 5.91 Å². The molecule has 0 aromatic carbocycles. The van der Waals surface area contributed by atoms with Crippen molar-refractivity contribution in [1.82, 2.24) is 5.32 Å². The molecule has 1 aliphatic carbocycles. The van der Waals surface area contributed by atoms with Gasteiger partial charge >= 0.3 is 0 Å². The smallest absolute Gasteiger partial charge is 0.224 e. The number of allylic oxidation sites excluding steroid dienone is 1. The number of rotatable bonds is 5. The van der Waals surface area contributed by atoms with Gasteiger partial charge in [0.05, 0.1) is 12.6 Å². The standard InChI is InChI=1S/C13H23NO2/c1-10(2)12(9-15)14-13(16)8-11-6-4-3-5-7-11/h6,10,12,15H,3-5,7-9H2,1-2H3,(H,14,16). The largest absolute Gasteiger partial charge is 0.394 e. The van der Waals surface area contributed by atoms with Crippen molar-refractivity contribution in [2.45, 2.75) is 52.0 Å². The summed E-state index contributed by atoms with van der Waals surface area (Å²) in [5, 5.41) is 12.0. The molecule has 0 aliphatic heterocycles. The zero-order chi connectivity index (χ0) is 12.0. The van der Waals surface area contributed by atoms with Crippen molar-refractivity contribution in [1.29, 1.82) is 0 Å². The van der Waals surface area contributed by atoms with E-state index in [0.29, 0.717) is 6.42 Å². The summed E-state index contributed by atoms with van der Waals surface area (Å²) >= 11 is 0. The number of nitrogens with one attached hydrogen (secondary N) is 1. The Labute approximate surface area is 97.9 Å². The highest BCUT2D eigenvalue weighted by Crippen LogP contribution is 2.19. The maximum absolute atomic E-state index is 11.7. The van der Waals surface area contributed by atoms with E-state index >= 15 is 0 Å². The van der Waals surface area contributed by atoms with Crippen molar-refractivity contribution in [2.24, 2.45) is 5.92 Å². The van der Waals surface area contributed by atoms with Gasteiger partial charge in [0.1, 0.15) is 0 Å². The summed E-state index contributed by atoms with van der Waals surface area (Å²) in [6.45, 7) is 4.02. The second-order valence-electron chi connectivity index (χ2n) is 4.89. The van der Waals surface area contributed by atoms with Crippen molar-refractivity contribution in [3.8, 4) is 0 Å². The van der Waals surface area contributed by atoms with Crippen molar-refractivity contribution in [2.75, 3.05) is 6.61 Å². The number of aliphatic hydroxyl groups excluding tert-OH is 1. The number of carbonyl (C=O) groups is 1. The fourth-order valence-electron chi connectivity index (χ4n) is 1.95. The Hall–Kier alpha value is -0.830. The third-order valence-corrected chi connectivity index (χ3v) is 3.12. The van der Waals surface area contributed by atoms with E-state index in [-0.39, 0.29) is 24.5 Å². The number of amides is 1. The summed E-state index contributed by atoms with van der Waals surface area (Å²) in [6.07, 6.45) is 7.30. The molecule has 0 saturated heterocycles. The molecule has 1 atom stereocenters. The van der Waals surface area contributed by atoms with Crippen LogP contribution in [0, 0.1) is 5.92 Å². The molecule has 0 fully saturated rings. The van der Waals surface area contributed by atoms with Gasteiger partial charge in [0.25, 0.3) is 0 Å². The Bertz CT molecular complexity index is 259. The van der Waals surface area contributed by atoms with Gasteiger partial charge in [-0.05, 0) is 31.6 Å². The number of hydrogen-bond donors (Lipinski definition) is 2. The summed E-state index contributed by atoms with van der Waals surface area (Å²) in [4.78, 5) is 11.7. The van der Waals surface area contributed by atoms with Crippen LogP contribution in [0.3, 0.4) is 0 Å². The molecule has 1 amide bonds. The average molecular weight is 225 g/mol. The lowest BCUT2D eigenvalue weighted by Crippen LogP contribution is -2.41. The van der Waals surface area contributed by atoms with Gasteiger partial charge in [-0.3, -0.25) is 4.79 Å². The van der Waals surface area contributed by atoms with E-state index in [0.717, 1.165) is 12.8 Å². The normalized spacial score (nSPS) is 18.1. The first-order valence-electron chi connectivity index (χ1n) is 6.21. The molecular formula is C13H23NO2. The first-order chi connectivity index (χ1) is 7.63. The zero-order valence-corrected chi connectivity index (χ0v) is 10.3. The topological polar surface area (TPSA) is 49.3 Å². The Kier molecular flexibility index (Phi) is 5.53. The van der Waals surface area contributed by atoms with Gasteiger partial charge in [-0.15, -0.1) is 0 Å². The van der Waals surface area contributed by atoms with Crippen LogP contribution in [-0.2, 0) is 4.79 Å². The van der Waals surface area contributed by atoms with Crippen LogP contribution in [-0.4, -0.2) is 23.7 Å². The van der Waals surface area contributed by atoms with Crippen LogP contribution in [0.1, 0.15) is 46.0 Å². The predicted molar refractivity (Wildman–Crippen MR) is 65.0 cm³/mol. The van der Waals surface area contributed by atoms with Crippen LogP contribution in [0.15, 0.2) is 11.6 Å². The fraction of sp³-hybridized carbons (Fsp3) is 0.769. The minimum atomic E-state index is -0.114. The van der Waals surface area contributed by atoms with Crippen LogP contribution in [0.4, 0.5) is 0 Å². The lowest BCUT2D eigenvalue weighted by molar-refractivity contribution is -0.121. The number of hydrogen-bond acceptors (Lipinski definition) is 2. The molecule has 0 bridgehead atoms. The van der Waals surface area contributed by atoms with Gasteiger partial charge in [-0.1, -0.05) is 25.5 Å². The van der Waals surface area contributed by atoms with Crippen LogP contribution in [0.2, 0.25) is 0 Å². The molecule has 1 aliphatic rings. The maximum atomic E-state index is 11.7. The van der Waals surface area contributed by atoms with Crippen molar-refractivity contribution < 1.29 is 9.90 Å². The Morgan fingerprint density at radius 1 is 1.50 bits per heavy atom. The molecule has 16 heavy (non-hydrogen) atoms. The van der Waals surface area contributed by atoms with E-state index in [4.69, 9.17) is 5.11 Å². The minimum absolute atomic E-state index is 0.0163. The molecule has 1 unspecified atom stereocenters. The predicted octanol–water partition coefficient (Wildman–Crippen LogP) is 2.01. The average Bonchev–Trinajstić information content (AvgIpc) is 2.27. The molecule has 0 aromatic rings. The molecule has 2 N–H and O–H groups in total. The summed E-state index contributed by atoms with van der Waals surface area (Å²) in [5.74, 6) is 0.315. The molecule has 3 nitrogen and oxygen atoms in total. The molecule has 0 aromatic heterocycles. The maximum Gasteiger partial charge on any atom is 0.224 e. The van der Waals surface area contributed by atoms with Crippen LogP contribution in [0.25, 0.3) is 0 Å². The molecule has 3 heteroatoms. The Morgan fingerprint density at radius 2 is 2.25 bits per heavy atom. The molecular weight excluding hydrogens is 202 g/mol. The first-order valence-corrected chi connectivity index (χ1v) is 6.21. The third-order valence-electron chi connectivity index (χ3n) is 3.12.